The zero-order valence-corrected chi connectivity index (χ0v) is 18.2. The number of carbonyl (C=O) groups is 1. The van der Waals surface area contributed by atoms with Gasteiger partial charge in [0, 0.05) is 17.5 Å². The van der Waals surface area contributed by atoms with Gasteiger partial charge in [0.2, 0.25) is 0 Å². The lowest BCUT2D eigenvalue weighted by atomic mass is 9.45. The molecule has 0 amide bonds. The molecule has 4 aliphatic carbocycles. The summed E-state index contributed by atoms with van der Waals surface area (Å²) in [4.78, 5) is 24.0. The van der Waals surface area contributed by atoms with Gasteiger partial charge in [-0.1, -0.05) is 26.7 Å². The molecular formula is C26H33NO3. The molecule has 160 valence electrons. The van der Waals surface area contributed by atoms with Gasteiger partial charge in [0.15, 0.2) is 5.78 Å². The monoisotopic (exact) mass is 407 g/mol. The first-order valence-electron chi connectivity index (χ1n) is 11.8. The van der Waals surface area contributed by atoms with E-state index in [2.05, 4.69) is 13.8 Å². The summed E-state index contributed by atoms with van der Waals surface area (Å²) in [7, 11) is 0. The lowest BCUT2D eigenvalue weighted by Crippen LogP contribution is -2.52. The number of benzene rings is 1. The molecule has 0 aliphatic heterocycles. The van der Waals surface area contributed by atoms with Crippen molar-refractivity contribution in [2.45, 2.75) is 71.6 Å². The van der Waals surface area contributed by atoms with Crippen LogP contribution in [0.15, 0.2) is 29.8 Å². The van der Waals surface area contributed by atoms with Gasteiger partial charge in [-0.15, -0.1) is 0 Å². The summed E-state index contributed by atoms with van der Waals surface area (Å²) in [5.74, 6) is 3.15. The number of carbonyl (C=O) groups excluding carboxylic acids is 1. The number of non-ortho nitro benzene ring substituents is 1. The van der Waals surface area contributed by atoms with E-state index in [9.17, 15) is 14.9 Å². The maximum Gasteiger partial charge on any atom is 0.269 e. The average molecular weight is 408 g/mol. The van der Waals surface area contributed by atoms with Crippen LogP contribution in [-0.2, 0) is 4.79 Å². The van der Waals surface area contributed by atoms with Crippen molar-refractivity contribution < 1.29 is 9.72 Å². The molecule has 4 aliphatic rings. The summed E-state index contributed by atoms with van der Waals surface area (Å²) >= 11 is 0. The molecule has 1 aromatic carbocycles. The normalized spacial score (nSPS) is 41.8. The van der Waals surface area contributed by atoms with Crippen LogP contribution >= 0.6 is 0 Å². The lowest BCUT2D eigenvalue weighted by molar-refractivity contribution is -0.384. The Kier molecular flexibility index (Phi) is 4.68. The first-order chi connectivity index (χ1) is 14.3. The highest BCUT2D eigenvalue weighted by Gasteiger charge is 2.60. The van der Waals surface area contributed by atoms with Gasteiger partial charge in [-0.05, 0) is 103 Å². The number of rotatable bonds is 2. The largest absolute Gasteiger partial charge is 0.294 e. The first-order valence-corrected chi connectivity index (χ1v) is 11.8. The Balaban J connectivity index is 1.43. The van der Waals surface area contributed by atoms with E-state index in [1.54, 1.807) is 12.1 Å². The molecule has 0 unspecified atom stereocenters. The van der Waals surface area contributed by atoms with Crippen molar-refractivity contribution in [3.63, 3.8) is 0 Å². The highest BCUT2D eigenvalue weighted by atomic mass is 16.6. The molecule has 0 aromatic heterocycles. The van der Waals surface area contributed by atoms with E-state index in [1.165, 1.54) is 57.1 Å². The second-order valence-corrected chi connectivity index (χ2v) is 10.9. The van der Waals surface area contributed by atoms with Crippen LogP contribution < -0.4 is 0 Å². The summed E-state index contributed by atoms with van der Waals surface area (Å²) in [6.07, 6.45) is 13.3. The van der Waals surface area contributed by atoms with Crippen molar-refractivity contribution in [3.8, 4) is 0 Å². The Morgan fingerprint density at radius 1 is 1.00 bits per heavy atom. The molecule has 4 fully saturated rings. The second kappa shape index (κ2) is 7.03. The van der Waals surface area contributed by atoms with E-state index in [4.69, 9.17) is 0 Å². The van der Waals surface area contributed by atoms with Crippen molar-refractivity contribution in [2.24, 2.45) is 34.5 Å². The van der Waals surface area contributed by atoms with Crippen LogP contribution in [0.1, 0.15) is 77.2 Å². The third kappa shape index (κ3) is 2.90. The summed E-state index contributed by atoms with van der Waals surface area (Å²) < 4.78 is 0. The van der Waals surface area contributed by atoms with E-state index >= 15 is 0 Å². The van der Waals surface area contributed by atoms with Gasteiger partial charge in [0.1, 0.15) is 0 Å². The number of allylic oxidation sites excluding steroid dienone is 1. The summed E-state index contributed by atoms with van der Waals surface area (Å²) in [6.45, 7) is 4.79. The molecule has 0 radical (unpaired) electrons. The van der Waals surface area contributed by atoms with Crippen molar-refractivity contribution in [3.05, 3.63) is 45.5 Å². The van der Waals surface area contributed by atoms with Crippen LogP contribution in [0.5, 0.6) is 0 Å². The van der Waals surface area contributed by atoms with Gasteiger partial charge in [-0.25, -0.2) is 0 Å². The van der Waals surface area contributed by atoms with Crippen molar-refractivity contribution in [2.75, 3.05) is 0 Å². The number of nitro groups is 1. The van der Waals surface area contributed by atoms with Crippen LogP contribution in [0, 0.1) is 44.6 Å². The van der Waals surface area contributed by atoms with Crippen molar-refractivity contribution in [1.82, 2.24) is 0 Å². The predicted molar refractivity (Wildman–Crippen MR) is 118 cm³/mol. The first kappa shape index (κ1) is 20.0. The Hall–Kier alpha value is -1.97. The molecule has 1 aromatic rings. The number of fused-ring (bicyclic) bond motifs is 5. The number of nitro benzene ring substituents is 1. The van der Waals surface area contributed by atoms with E-state index in [0.29, 0.717) is 23.0 Å². The quantitative estimate of drug-likeness (QED) is 0.316. The fourth-order valence-electron chi connectivity index (χ4n) is 7.99. The Labute approximate surface area is 179 Å². The highest BCUT2D eigenvalue weighted by Crippen LogP contribution is 2.66. The molecule has 6 atom stereocenters. The van der Waals surface area contributed by atoms with Gasteiger partial charge in [-0.3, -0.25) is 14.9 Å². The number of hydrogen-bond acceptors (Lipinski definition) is 3. The lowest BCUT2D eigenvalue weighted by Gasteiger charge is -2.59. The number of nitrogens with zero attached hydrogens (tertiary/aromatic N) is 1. The van der Waals surface area contributed by atoms with Crippen LogP contribution in [-0.4, -0.2) is 10.7 Å². The van der Waals surface area contributed by atoms with Gasteiger partial charge in [0.25, 0.3) is 5.69 Å². The van der Waals surface area contributed by atoms with E-state index in [1.807, 2.05) is 6.08 Å². The second-order valence-electron chi connectivity index (χ2n) is 10.9. The fraction of sp³-hybridized carbons (Fsp3) is 0.654. The van der Waals surface area contributed by atoms with Crippen molar-refractivity contribution in [1.29, 1.82) is 0 Å². The highest BCUT2D eigenvalue weighted by molar-refractivity contribution is 6.05. The van der Waals surface area contributed by atoms with Crippen LogP contribution in [0.4, 0.5) is 5.69 Å². The average Bonchev–Trinajstić information content (AvgIpc) is 2.98. The molecule has 0 saturated heterocycles. The zero-order chi connectivity index (χ0) is 21.1. The maximum atomic E-state index is 13.5. The predicted octanol–water partition coefficient (Wildman–Crippen LogP) is 6.59. The number of hydrogen-bond donors (Lipinski definition) is 0. The van der Waals surface area contributed by atoms with Gasteiger partial charge >= 0.3 is 0 Å². The topological polar surface area (TPSA) is 60.2 Å². The van der Waals surface area contributed by atoms with Gasteiger partial charge in [-0.2, -0.15) is 0 Å². The SMILES string of the molecule is C[C@]12CCCC[C@@H]1CC[C@H]1[C@H]2CC[C@]2(C)C(=O)/C(=C/c3ccc([N+](=O)[O-])cc3)C[C@@H]12. The standard InChI is InChI=1S/C26H33NO3/c1-25-13-4-3-5-19(25)8-11-21-22(25)12-14-26(2)23(21)16-18(24(26)28)15-17-6-9-20(10-7-17)27(29)30/h6-7,9-10,15,19,21-23H,3-5,8,11-14,16H2,1-2H3/b18-15+/t19-,21+,22-,23+,25+,26+/m1/s1. The Morgan fingerprint density at radius 2 is 1.77 bits per heavy atom. The summed E-state index contributed by atoms with van der Waals surface area (Å²) in [5, 5.41) is 10.9. The Bertz CT molecular complexity index is 903. The third-order valence-corrected chi connectivity index (χ3v) is 9.67. The van der Waals surface area contributed by atoms with E-state index in [0.717, 1.165) is 35.8 Å². The minimum atomic E-state index is -0.379. The summed E-state index contributed by atoms with van der Waals surface area (Å²) in [5.41, 5.74) is 2.19. The molecule has 0 spiro atoms. The summed E-state index contributed by atoms with van der Waals surface area (Å²) in [6, 6.07) is 6.59. The smallest absolute Gasteiger partial charge is 0.269 e. The minimum Gasteiger partial charge on any atom is -0.294 e. The van der Waals surface area contributed by atoms with Gasteiger partial charge in [0.05, 0.1) is 4.92 Å². The third-order valence-electron chi connectivity index (χ3n) is 9.67. The molecule has 4 saturated carbocycles. The molecule has 0 N–H and O–H groups in total. The van der Waals surface area contributed by atoms with E-state index in [-0.39, 0.29) is 16.0 Å². The van der Waals surface area contributed by atoms with Gasteiger partial charge < -0.3 is 0 Å². The van der Waals surface area contributed by atoms with E-state index < -0.39 is 0 Å². The number of ketones is 1. The number of Topliss-reactive ketones (excluding diaryl/α,β-unsaturated/α-hetero) is 1. The Morgan fingerprint density at radius 3 is 2.50 bits per heavy atom. The van der Waals surface area contributed by atoms with Crippen molar-refractivity contribution >= 4 is 17.5 Å². The molecule has 30 heavy (non-hydrogen) atoms. The van der Waals surface area contributed by atoms with Crippen LogP contribution in [0.3, 0.4) is 0 Å². The van der Waals surface area contributed by atoms with Crippen LogP contribution in [0.2, 0.25) is 0 Å². The fourth-order valence-corrected chi connectivity index (χ4v) is 7.99. The molecule has 4 nitrogen and oxygen atoms in total. The molecular weight excluding hydrogens is 374 g/mol. The maximum absolute atomic E-state index is 13.5. The molecule has 5 rings (SSSR count). The molecule has 0 bridgehead atoms. The minimum absolute atomic E-state index is 0.0934. The van der Waals surface area contributed by atoms with Crippen LogP contribution in [0.25, 0.3) is 6.08 Å². The molecule has 0 heterocycles. The zero-order valence-electron chi connectivity index (χ0n) is 18.2. The molecule has 4 heteroatoms.